The fourth-order valence-corrected chi connectivity index (χ4v) is 2.01. The zero-order valence-electron chi connectivity index (χ0n) is 6.66. The van der Waals surface area contributed by atoms with E-state index in [9.17, 15) is 18.9 Å². The van der Waals surface area contributed by atoms with E-state index in [2.05, 4.69) is 0 Å². The highest BCUT2D eigenvalue weighted by Gasteiger charge is 2.14. The third-order valence-electron chi connectivity index (χ3n) is 1.70. The Balaban J connectivity index is 2.76. The summed E-state index contributed by atoms with van der Waals surface area (Å²) in [4.78, 5) is 9.74. The van der Waals surface area contributed by atoms with Crippen molar-refractivity contribution in [1.82, 2.24) is 0 Å². The number of hydrogen-bond donors (Lipinski definition) is 0. The average Bonchev–Trinajstić information content (AvgIpc) is 2.47. The first-order valence-electron chi connectivity index (χ1n) is 3.61. The van der Waals surface area contributed by atoms with Gasteiger partial charge in [0.2, 0.25) is 0 Å². The molecule has 6 heteroatoms. The van der Waals surface area contributed by atoms with E-state index in [4.69, 9.17) is 0 Å². The summed E-state index contributed by atoms with van der Waals surface area (Å²) < 4.78 is 25.9. The second kappa shape index (κ2) is 2.98. The van der Waals surface area contributed by atoms with Crippen LogP contribution in [0, 0.1) is 21.7 Å². The second-order valence-corrected chi connectivity index (χ2v) is 3.68. The summed E-state index contributed by atoms with van der Waals surface area (Å²) in [5.41, 5.74) is 0. The minimum atomic E-state index is -0.766. The third kappa shape index (κ3) is 1.33. The Bertz CT molecular complexity index is 523. The van der Waals surface area contributed by atoms with Crippen LogP contribution in [0.3, 0.4) is 0 Å². The number of thiophene rings is 1. The second-order valence-electron chi connectivity index (χ2n) is 2.65. The highest BCUT2D eigenvalue weighted by atomic mass is 32.1. The summed E-state index contributed by atoms with van der Waals surface area (Å²) in [7, 11) is 0. The van der Waals surface area contributed by atoms with Gasteiger partial charge in [0.15, 0.2) is 0 Å². The van der Waals surface area contributed by atoms with Crippen LogP contribution in [0.1, 0.15) is 0 Å². The molecule has 0 aliphatic carbocycles. The van der Waals surface area contributed by atoms with Gasteiger partial charge < -0.3 is 0 Å². The minimum absolute atomic E-state index is 0.109. The first-order valence-corrected chi connectivity index (χ1v) is 4.42. The smallest absolute Gasteiger partial charge is 0.258 e. The molecule has 0 atom stereocenters. The van der Waals surface area contributed by atoms with Gasteiger partial charge in [-0.25, -0.2) is 8.78 Å². The summed E-state index contributed by atoms with van der Waals surface area (Å²) in [6.45, 7) is 0. The molecular weight excluding hydrogens is 212 g/mol. The maximum absolute atomic E-state index is 13.1. The van der Waals surface area contributed by atoms with Gasteiger partial charge in [0.1, 0.15) is 11.6 Å². The standard InChI is InChI=1S/C8H3F2NO2S/c9-5-1-4-2-7(11(12)13)14-8(4)6(10)3-5/h1-3H. The largest absolute Gasteiger partial charge is 0.325 e. The lowest BCUT2D eigenvalue weighted by Crippen LogP contribution is -1.80. The van der Waals surface area contributed by atoms with Crippen LogP contribution in [0.2, 0.25) is 0 Å². The van der Waals surface area contributed by atoms with Crippen LogP contribution in [0.5, 0.6) is 0 Å². The van der Waals surface area contributed by atoms with Gasteiger partial charge in [-0.3, -0.25) is 10.1 Å². The first-order chi connectivity index (χ1) is 6.58. The minimum Gasteiger partial charge on any atom is -0.258 e. The Labute approximate surface area is 80.7 Å². The van der Waals surface area contributed by atoms with E-state index < -0.39 is 16.6 Å². The third-order valence-corrected chi connectivity index (χ3v) is 2.81. The number of nitro groups is 1. The van der Waals surface area contributed by atoms with Crippen LogP contribution >= 0.6 is 11.3 Å². The van der Waals surface area contributed by atoms with Gasteiger partial charge >= 0.3 is 5.00 Å². The lowest BCUT2D eigenvalue weighted by molar-refractivity contribution is -0.380. The molecular formula is C8H3F2NO2S. The van der Waals surface area contributed by atoms with Gasteiger partial charge in [0.25, 0.3) is 0 Å². The molecule has 0 saturated carbocycles. The summed E-state index contributed by atoms with van der Waals surface area (Å²) in [5.74, 6) is -1.50. The quantitative estimate of drug-likeness (QED) is 0.542. The molecule has 1 aromatic carbocycles. The summed E-state index contributed by atoms with van der Waals surface area (Å²) in [6.07, 6.45) is 0. The summed E-state index contributed by atoms with van der Waals surface area (Å²) >= 11 is 0.700. The molecule has 2 rings (SSSR count). The zero-order chi connectivity index (χ0) is 10.3. The van der Waals surface area contributed by atoms with Crippen molar-refractivity contribution in [2.24, 2.45) is 0 Å². The van der Waals surface area contributed by atoms with E-state index in [0.29, 0.717) is 17.4 Å². The van der Waals surface area contributed by atoms with Crippen molar-refractivity contribution >= 4 is 26.4 Å². The molecule has 2 aromatic rings. The number of nitrogens with zero attached hydrogens (tertiary/aromatic N) is 1. The van der Waals surface area contributed by atoms with Crippen LogP contribution in [-0.2, 0) is 0 Å². The fourth-order valence-electron chi connectivity index (χ4n) is 1.15. The van der Waals surface area contributed by atoms with E-state index >= 15 is 0 Å². The predicted molar refractivity (Wildman–Crippen MR) is 48.4 cm³/mol. The zero-order valence-corrected chi connectivity index (χ0v) is 7.48. The van der Waals surface area contributed by atoms with Crippen molar-refractivity contribution in [3.8, 4) is 0 Å². The van der Waals surface area contributed by atoms with E-state index in [1.807, 2.05) is 0 Å². The van der Waals surface area contributed by atoms with Gasteiger partial charge in [-0.1, -0.05) is 11.3 Å². The lowest BCUT2D eigenvalue weighted by Gasteiger charge is -1.90. The van der Waals surface area contributed by atoms with E-state index in [1.165, 1.54) is 0 Å². The van der Waals surface area contributed by atoms with Gasteiger partial charge in [0.05, 0.1) is 9.62 Å². The molecule has 0 N–H and O–H groups in total. The average molecular weight is 215 g/mol. The van der Waals surface area contributed by atoms with Gasteiger partial charge in [-0.2, -0.15) is 0 Å². The SMILES string of the molecule is O=[N+]([O-])c1cc2cc(F)cc(F)c2s1. The van der Waals surface area contributed by atoms with Crippen molar-refractivity contribution < 1.29 is 13.7 Å². The molecule has 0 saturated heterocycles. The molecule has 0 unspecified atom stereocenters. The van der Waals surface area contributed by atoms with Crippen molar-refractivity contribution in [3.05, 3.63) is 39.9 Å². The molecule has 72 valence electrons. The molecule has 0 fully saturated rings. The molecule has 0 radical (unpaired) electrons. The Hall–Kier alpha value is -1.56. The monoisotopic (exact) mass is 215 g/mol. The fraction of sp³-hybridized carbons (Fsp3) is 0. The van der Waals surface area contributed by atoms with Crippen molar-refractivity contribution in [3.63, 3.8) is 0 Å². The molecule has 0 bridgehead atoms. The predicted octanol–water partition coefficient (Wildman–Crippen LogP) is 3.09. The lowest BCUT2D eigenvalue weighted by atomic mass is 10.2. The Morgan fingerprint density at radius 3 is 2.64 bits per heavy atom. The van der Waals surface area contributed by atoms with Gasteiger partial charge in [0, 0.05) is 17.5 Å². The molecule has 0 amide bonds. The Morgan fingerprint density at radius 1 is 1.29 bits per heavy atom. The maximum Gasteiger partial charge on any atom is 0.325 e. The summed E-state index contributed by atoms with van der Waals surface area (Å²) in [6, 6.07) is 2.94. The number of benzene rings is 1. The number of fused-ring (bicyclic) bond motifs is 1. The topological polar surface area (TPSA) is 43.1 Å². The van der Waals surface area contributed by atoms with Crippen LogP contribution in [0.15, 0.2) is 18.2 Å². The highest BCUT2D eigenvalue weighted by molar-refractivity contribution is 7.22. The van der Waals surface area contributed by atoms with Crippen molar-refractivity contribution in [2.75, 3.05) is 0 Å². The first kappa shape index (κ1) is 9.01. The van der Waals surface area contributed by atoms with E-state index in [0.717, 1.165) is 12.1 Å². The number of rotatable bonds is 1. The Kier molecular flexibility index (Phi) is 1.92. The van der Waals surface area contributed by atoms with Crippen LogP contribution in [-0.4, -0.2) is 4.92 Å². The summed E-state index contributed by atoms with van der Waals surface area (Å²) in [5, 5.41) is 10.4. The number of hydrogen-bond acceptors (Lipinski definition) is 3. The normalized spacial score (nSPS) is 10.7. The van der Waals surface area contributed by atoms with Crippen molar-refractivity contribution in [1.29, 1.82) is 0 Å². The van der Waals surface area contributed by atoms with E-state index in [-0.39, 0.29) is 15.1 Å². The van der Waals surface area contributed by atoms with Crippen LogP contribution in [0.4, 0.5) is 13.8 Å². The molecule has 0 aliphatic rings. The van der Waals surface area contributed by atoms with Gasteiger partial charge in [-0.15, -0.1) is 0 Å². The van der Waals surface area contributed by atoms with Gasteiger partial charge in [-0.05, 0) is 6.07 Å². The molecule has 0 spiro atoms. The molecule has 1 heterocycles. The highest BCUT2D eigenvalue weighted by Crippen LogP contribution is 2.33. The van der Waals surface area contributed by atoms with Crippen molar-refractivity contribution in [2.45, 2.75) is 0 Å². The number of halogens is 2. The molecule has 14 heavy (non-hydrogen) atoms. The van der Waals surface area contributed by atoms with Crippen LogP contribution in [0.25, 0.3) is 10.1 Å². The molecule has 0 aliphatic heterocycles. The van der Waals surface area contributed by atoms with Crippen LogP contribution < -0.4 is 0 Å². The molecule has 1 aromatic heterocycles. The Morgan fingerprint density at radius 2 is 2.00 bits per heavy atom. The van der Waals surface area contributed by atoms with E-state index in [1.54, 1.807) is 0 Å². The molecule has 3 nitrogen and oxygen atoms in total. The maximum atomic E-state index is 13.1.